The number of ether oxygens (including phenoxy) is 2. The summed E-state index contributed by atoms with van der Waals surface area (Å²) in [4.78, 5) is 26.9. The zero-order valence-corrected chi connectivity index (χ0v) is 21.1. The predicted octanol–water partition coefficient (Wildman–Crippen LogP) is 4.17. The number of hydrogen-bond donors (Lipinski definition) is 0. The monoisotopic (exact) mass is 471 g/mol. The lowest BCUT2D eigenvalue weighted by molar-refractivity contribution is -0.0894. The molecule has 2 amide bonds. The SMILES string of the molecule is CCOC(OCC)P(=O)(CC(CN1C(=O)c2ccccc2C1=O)O[Si](C)(C)C)OCC. The third kappa shape index (κ3) is 6.57. The van der Waals surface area contributed by atoms with Crippen LogP contribution in [-0.4, -0.2) is 69.7 Å². The molecule has 2 rings (SSSR count). The summed E-state index contributed by atoms with van der Waals surface area (Å²) >= 11 is 0. The molecule has 0 saturated carbocycles. The highest BCUT2D eigenvalue weighted by Gasteiger charge is 2.43. The second-order valence-electron chi connectivity index (χ2n) is 8.16. The first kappa shape index (κ1) is 25.9. The molecular weight excluding hydrogens is 437 g/mol. The number of nitrogens with zero attached hydrogens (tertiary/aromatic N) is 1. The van der Waals surface area contributed by atoms with E-state index in [1.54, 1.807) is 45.0 Å². The Morgan fingerprint density at radius 2 is 1.45 bits per heavy atom. The van der Waals surface area contributed by atoms with E-state index in [0.717, 1.165) is 0 Å². The van der Waals surface area contributed by atoms with E-state index in [1.165, 1.54) is 4.90 Å². The first-order valence-electron chi connectivity index (χ1n) is 10.7. The van der Waals surface area contributed by atoms with Crippen molar-refractivity contribution in [1.29, 1.82) is 0 Å². The van der Waals surface area contributed by atoms with Crippen LogP contribution < -0.4 is 0 Å². The lowest BCUT2D eigenvalue weighted by Crippen LogP contribution is -2.44. The molecule has 0 aromatic heterocycles. The van der Waals surface area contributed by atoms with Crippen molar-refractivity contribution in [3.8, 4) is 0 Å². The summed E-state index contributed by atoms with van der Waals surface area (Å²) < 4.78 is 37.0. The van der Waals surface area contributed by atoms with Gasteiger partial charge in [0.2, 0.25) is 6.03 Å². The summed E-state index contributed by atoms with van der Waals surface area (Å²) in [7, 11) is -5.59. The van der Waals surface area contributed by atoms with E-state index in [4.69, 9.17) is 18.4 Å². The average molecular weight is 472 g/mol. The zero-order chi connectivity index (χ0) is 23.2. The van der Waals surface area contributed by atoms with E-state index in [0.29, 0.717) is 24.3 Å². The van der Waals surface area contributed by atoms with Crippen LogP contribution in [0, 0.1) is 0 Å². The smallest absolute Gasteiger partial charge is 0.261 e. The normalized spacial score (nSPS) is 17.2. The maximum atomic E-state index is 13.8. The molecule has 0 bridgehead atoms. The largest absolute Gasteiger partial charge is 0.412 e. The highest BCUT2D eigenvalue weighted by molar-refractivity contribution is 7.59. The van der Waals surface area contributed by atoms with Crippen molar-refractivity contribution in [2.24, 2.45) is 0 Å². The average Bonchev–Trinajstić information content (AvgIpc) is 2.92. The molecule has 1 aromatic carbocycles. The summed E-state index contributed by atoms with van der Waals surface area (Å²) in [5.41, 5.74) is 0.738. The molecule has 8 nitrogen and oxygen atoms in total. The van der Waals surface area contributed by atoms with Crippen LogP contribution in [0.2, 0.25) is 19.6 Å². The van der Waals surface area contributed by atoms with Crippen LogP contribution >= 0.6 is 7.37 Å². The molecule has 1 heterocycles. The minimum Gasteiger partial charge on any atom is -0.412 e. The van der Waals surface area contributed by atoms with Crippen molar-refractivity contribution < 1.29 is 32.6 Å². The number of carbonyl (C=O) groups excluding carboxylic acids is 2. The van der Waals surface area contributed by atoms with Gasteiger partial charge in [0.15, 0.2) is 8.32 Å². The number of fused-ring (bicyclic) bond motifs is 1. The van der Waals surface area contributed by atoms with Crippen molar-refractivity contribution in [3.05, 3.63) is 35.4 Å². The fourth-order valence-corrected chi connectivity index (χ4v) is 7.15. The fraction of sp³-hybridized carbons (Fsp3) is 0.619. The van der Waals surface area contributed by atoms with Gasteiger partial charge in [0, 0.05) is 13.2 Å². The number of hydrogen-bond acceptors (Lipinski definition) is 7. The van der Waals surface area contributed by atoms with Gasteiger partial charge in [-0.05, 0) is 52.5 Å². The van der Waals surface area contributed by atoms with Crippen LogP contribution in [0.25, 0.3) is 0 Å². The van der Waals surface area contributed by atoms with Gasteiger partial charge < -0.3 is 18.4 Å². The molecule has 1 aliphatic rings. The van der Waals surface area contributed by atoms with Crippen LogP contribution in [0.3, 0.4) is 0 Å². The van der Waals surface area contributed by atoms with Gasteiger partial charge >= 0.3 is 0 Å². The van der Waals surface area contributed by atoms with Gasteiger partial charge in [-0.3, -0.25) is 19.1 Å². The molecule has 0 saturated heterocycles. The Balaban J connectivity index is 2.32. The Bertz CT molecular complexity index is 785. The molecule has 0 N–H and O–H groups in total. The number of amides is 2. The third-order valence-corrected chi connectivity index (χ3v) is 8.12. The van der Waals surface area contributed by atoms with Gasteiger partial charge in [0.05, 0.1) is 36.5 Å². The minimum atomic E-state index is -3.47. The molecule has 10 heteroatoms. The van der Waals surface area contributed by atoms with Crippen LogP contribution in [0.5, 0.6) is 0 Å². The van der Waals surface area contributed by atoms with Crippen LogP contribution in [0.1, 0.15) is 41.5 Å². The summed E-state index contributed by atoms with van der Waals surface area (Å²) in [6.45, 7) is 12.1. The van der Waals surface area contributed by atoms with Gasteiger partial charge in [-0.1, -0.05) is 12.1 Å². The predicted molar refractivity (Wildman–Crippen MR) is 121 cm³/mol. The van der Waals surface area contributed by atoms with E-state index >= 15 is 0 Å². The van der Waals surface area contributed by atoms with Gasteiger partial charge in [0.25, 0.3) is 19.2 Å². The van der Waals surface area contributed by atoms with Gasteiger partial charge in [0.1, 0.15) is 0 Å². The summed E-state index contributed by atoms with van der Waals surface area (Å²) in [6.07, 6.45) is -0.696. The third-order valence-electron chi connectivity index (χ3n) is 4.53. The van der Waals surface area contributed by atoms with Crippen LogP contribution in [0.15, 0.2) is 24.3 Å². The highest BCUT2D eigenvalue weighted by Crippen LogP contribution is 2.54. The lowest BCUT2D eigenvalue weighted by atomic mass is 10.1. The molecule has 0 fully saturated rings. The van der Waals surface area contributed by atoms with E-state index < -0.39 is 27.8 Å². The number of rotatable bonds is 13. The Morgan fingerprint density at radius 3 is 1.87 bits per heavy atom. The molecule has 174 valence electrons. The molecule has 0 radical (unpaired) electrons. The number of benzene rings is 1. The number of carbonyl (C=O) groups is 2. The van der Waals surface area contributed by atoms with Crippen LogP contribution in [-0.2, 0) is 23.0 Å². The standard InChI is InChI=1S/C21H34NO7PSi/c1-7-26-21(27-8-2)30(25,28-9-3)15-16(29-31(4,5)6)14-22-19(23)17-12-10-11-13-18(17)20(22)24/h10-13,16,21H,7-9,14-15H2,1-6H3. The molecule has 2 atom stereocenters. The number of imide groups is 1. The second kappa shape index (κ2) is 11.0. The molecule has 0 spiro atoms. The van der Waals surface area contributed by atoms with Gasteiger partial charge in [-0.25, -0.2) is 0 Å². The maximum absolute atomic E-state index is 13.8. The van der Waals surface area contributed by atoms with E-state index in [-0.39, 0.29) is 31.1 Å². The van der Waals surface area contributed by atoms with Crippen molar-refractivity contribution in [2.75, 3.05) is 32.5 Å². The van der Waals surface area contributed by atoms with E-state index in [2.05, 4.69) is 0 Å². The Morgan fingerprint density at radius 1 is 0.935 bits per heavy atom. The first-order chi connectivity index (χ1) is 14.6. The van der Waals surface area contributed by atoms with Crippen molar-refractivity contribution >= 4 is 27.5 Å². The molecule has 0 aliphatic carbocycles. The van der Waals surface area contributed by atoms with Crippen LogP contribution in [0.4, 0.5) is 0 Å². The molecule has 1 aromatic rings. The molecule has 2 unspecified atom stereocenters. The summed E-state index contributed by atoms with van der Waals surface area (Å²) in [5, 5.41) is 0. The second-order valence-corrected chi connectivity index (χ2v) is 15.1. The first-order valence-corrected chi connectivity index (χ1v) is 15.9. The lowest BCUT2D eigenvalue weighted by Gasteiger charge is -2.33. The van der Waals surface area contributed by atoms with E-state index in [1.807, 2.05) is 19.6 Å². The summed E-state index contributed by atoms with van der Waals surface area (Å²) in [5.74, 6) is -0.746. The van der Waals surface area contributed by atoms with Gasteiger partial charge in [-0.2, -0.15) is 0 Å². The van der Waals surface area contributed by atoms with Gasteiger partial charge in [-0.15, -0.1) is 0 Å². The fourth-order valence-electron chi connectivity index (χ4n) is 3.50. The summed E-state index contributed by atoms with van der Waals surface area (Å²) in [6, 6.07) is 5.69. The Hall–Kier alpha value is -1.35. The quantitative estimate of drug-likeness (QED) is 0.184. The highest BCUT2D eigenvalue weighted by atomic mass is 31.2. The Labute approximate surface area is 185 Å². The topological polar surface area (TPSA) is 91.4 Å². The van der Waals surface area contributed by atoms with E-state index in [9.17, 15) is 14.2 Å². The zero-order valence-electron chi connectivity index (χ0n) is 19.3. The maximum Gasteiger partial charge on any atom is 0.261 e. The minimum absolute atomic E-state index is 0.0152. The van der Waals surface area contributed by atoms with Crippen molar-refractivity contribution in [1.82, 2.24) is 4.90 Å². The Kier molecular flexibility index (Phi) is 9.18. The molecule has 31 heavy (non-hydrogen) atoms. The van der Waals surface area contributed by atoms with Crippen molar-refractivity contribution in [2.45, 2.75) is 52.5 Å². The van der Waals surface area contributed by atoms with Crippen molar-refractivity contribution in [3.63, 3.8) is 0 Å². The molecule has 1 aliphatic heterocycles. The molecular formula is C21H34NO7PSi.